The van der Waals surface area contributed by atoms with Crippen LogP contribution in [0.4, 0.5) is 10.5 Å². The molecule has 162 valence electrons. The fourth-order valence-corrected chi connectivity index (χ4v) is 3.48. The number of hydrogen-bond acceptors (Lipinski definition) is 4. The number of anilines is 1. The van der Waals surface area contributed by atoms with Crippen molar-refractivity contribution in [1.82, 2.24) is 10.2 Å². The molecule has 2 rings (SSSR count). The van der Waals surface area contributed by atoms with Crippen LogP contribution in [0.3, 0.4) is 0 Å². The first kappa shape index (κ1) is 23.0. The Hall–Kier alpha value is -2.24. The van der Waals surface area contributed by atoms with Crippen LogP contribution in [0.5, 0.6) is 0 Å². The Kier molecular flexibility index (Phi) is 7.55. The number of carbonyl (C=O) groups is 2. The highest BCUT2D eigenvalue weighted by molar-refractivity contribution is 5.76. The van der Waals surface area contributed by atoms with E-state index >= 15 is 0 Å². The van der Waals surface area contributed by atoms with Gasteiger partial charge in [0.25, 0.3) is 0 Å². The zero-order valence-corrected chi connectivity index (χ0v) is 18.9. The summed E-state index contributed by atoms with van der Waals surface area (Å²) < 4.78 is 5.20. The van der Waals surface area contributed by atoms with E-state index in [1.165, 1.54) is 11.3 Å². The highest BCUT2D eigenvalue weighted by Gasteiger charge is 2.25. The summed E-state index contributed by atoms with van der Waals surface area (Å²) in [6.07, 6.45) is 0.621. The number of benzene rings is 1. The fraction of sp³-hybridized carbons (Fsp3) is 0.652. The van der Waals surface area contributed by atoms with Crippen LogP contribution in [0.1, 0.15) is 59.9 Å². The van der Waals surface area contributed by atoms with E-state index in [9.17, 15) is 9.59 Å². The smallest absolute Gasteiger partial charge is 0.407 e. The first-order chi connectivity index (χ1) is 13.5. The highest BCUT2D eigenvalue weighted by Crippen LogP contribution is 2.32. The number of hydrogen-bond donors (Lipinski definition) is 1. The molecule has 0 bridgehead atoms. The van der Waals surface area contributed by atoms with Crippen molar-refractivity contribution < 1.29 is 14.3 Å². The molecule has 0 aromatic heterocycles. The number of ether oxygens (including phenoxy) is 1. The van der Waals surface area contributed by atoms with Gasteiger partial charge in [0.15, 0.2) is 0 Å². The third-order valence-corrected chi connectivity index (χ3v) is 4.92. The van der Waals surface area contributed by atoms with Crippen molar-refractivity contribution in [2.45, 2.75) is 65.4 Å². The lowest BCUT2D eigenvalue weighted by Crippen LogP contribution is -2.49. The molecular formula is C23H37N3O3. The van der Waals surface area contributed by atoms with Gasteiger partial charge in [-0.05, 0) is 44.2 Å². The van der Waals surface area contributed by atoms with Crippen LogP contribution in [-0.4, -0.2) is 55.2 Å². The Morgan fingerprint density at radius 1 is 1.00 bits per heavy atom. The Labute approximate surface area is 175 Å². The van der Waals surface area contributed by atoms with Crippen LogP contribution in [0.25, 0.3) is 0 Å². The van der Waals surface area contributed by atoms with Gasteiger partial charge < -0.3 is 19.9 Å². The van der Waals surface area contributed by atoms with E-state index in [4.69, 9.17) is 4.74 Å². The summed E-state index contributed by atoms with van der Waals surface area (Å²) in [7, 11) is 0. The molecule has 6 nitrogen and oxygen atoms in total. The normalized spacial score (nSPS) is 15.2. The quantitative estimate of drug-likeness (QED) is 0.757. The minimum atomic E-state index is -0.509. The van der Waals surface area contributed by atoms with E-state index in [1.807, 2.05) is 25.7 Å². The molecule has 1 aliphatic rings. The van der Waals surface area contributed by atoms with Gasteiger partial charge in [-0.3, -0.25) is 4.79 Å². The topological polar surface area (TPSA) is 61.9 Å². The van der Waals surface area contributed by atoms with E-state index in [1.54, 1.807) is 0 Å². The molecule has 1 aromatic carbocycles. The molecule has 1 fully saturated rings. The molecule has 2 amide bonds. The summed E-state index contributed by atoms with van der Waals surface area (Å²) in [5, 5.41) is 2.71. The average Bonchev–Trinajstić information content (AvgIpc) is 2.63. The van der Waals surface area contributed by atoms with E-state index in [0.717, 1.165) is 26.2 Å². The number of para-hydroxylation sites is 1. The van der Waals surface area contributed by atoms with Crippen molar-refractivity contribution in [3.05, 3.63) is 29.8 Å². The summed E-state index contributed by atoms with van der Waals surface area (Å²) >= 11 is 0. The first-order valence-corrected chi connectivity index (χ1v) is 10.6. The molecule has 1 aliphatic heterocycles. The Morgan fingerprint density at radius 2 is 1.62 bits per heavy atom. The van der Waals surface area contributed by atoms with Crippen molar-refractivity contribution >= 4 is 17.7 Å². The van der Waals surface area contributed by atoms with Crippen LogP contribution < -0.4 is 10.2 Å². The van der Waals surface area contributed by atoms with E-state index in [2.05, 4.69) is 55.3 Å². The molecule has 0 unspecified atom stereocenters. The standard InChI is InChI=1S/C23H37N3O3/c1-22(2,3)18-10-7-8-11-19(18)25-14-16-26(17-15-25)20(27)12-9-13-24-21(28)29-23(4,5)6/h7-8,10-11H,9,12-17H2,1-6H3,(H,24,28). The maximum atomic E-state index is 12.5. The molecule has 0 saturated carbocycles. The van der Waals surface area contributed by atoms with Gasteiger partial charge >= 0.3 is 6.09 Å². The second kappa shape index (κ2) is 9.51. The van der Waals surface area contributed by atoms with Gasteiger partial charge in [0.2, 0.25) is 5.91 Å². The zero-order chi connectivity index (χ0) is 21.7. The summed E-state index contributed by atoms with van der Waals surface area (Å²) in [5.41, 5.74) is 2.19. The molecule has 0 atom stereocenters. The second-order valence-corrected chi connectivity index (χ2v) is 9.67. The maximum absolute atomic E-state index is 12.5. The van der Waals surface area contributed by atoms with Crippen molar-refractivity contribution in [2.75, 3.05) is 37.6 Å². The lowest BCUT2D eigenvalue weighted by atomic mass is 9.85. The number of alkyl carbamates (subject to hydrolysis) is 1. The van der Waals surface area contributed by atoms with Crippen LogP contribution in [0.15, 0.2) is 24.3 Å². The van der Waals surface area contributed by atoms with Gasteiger partial charge in [-0.25, -0.2) is 4.79 Å². The van der Waals surface area contributed by atoms with Gasteiger partial charge in [0.1, 0.15) is 5.60 Å². The number of rotatable bonds is 5. The SMILES string of the molecule is CC(C)(C)OC(=O)NCCCC(=O)N1CCN(c2ccccc2C(C)(C)C)CC1. The monoisotopic (exact) mass is 403 g/mol. The lowest BCUT2D eigenvalue weighted by molar-refractivity contribution is -0.131. The number of piperazine rings is 1. The minimum Gasteiger partial charge on any atom is -0.444 e. The number of carbonyl (C=O) groups excluding carboxylic acids is 2. The Morgan fingerprint density at radius 3 is 2.21 bits per heavy atom. The number of nitrogens with one attached hydrogen (secondary N) is 1. The summed E-state index contributed by atoms with van der Waals surface area (Å²) in [5.74, 6) is 0.153. The molecule has 0 spiro atoms. The summed E-state index contributed by atoms with van der Waals surface area (Å²) in [4.78, 5) is 28.5. The van der Waals surface area contributed by atoms with Crippen molar-refractivity contribution in [2.24, 2.45) is 0 Å². The highest BCUT2D eigenvalue weighted by atomic mass is 16.6. The van der Waals surface area contributed by atoms with Gasteiger partial charge in [-0.15, -0.1) is 0 Å². The molecule has 0 aliphatic carbocycles. The molecule has 1 N–H and O–H groups in total. The summed E-state index contributed by atoms with van der Waals surface area (Å²) in [6, 6.07) is 8.56. The van der Waals surface area contributed by atoms with Crippen LogP contribution in [0, 0.1) is 0 Å². The number of amides is 2. The first-order valence-electron chi connectivity index (χ1n) is 10.6. The second-order valence-electron chi connectivity index (χ2n) is 9.67. The van der Waals surface area contributed by atoms with Gasteiger partial charge in [0, 0.05) is 44.8 Å². The predicted molar refractivity (Wildman–Crippen MR) is 117 cm³/mol. The third kappa shape index (κ3) is 7.26. The third-order valence-electron chi connectivity index (χ3n) is 4.92. The van der Waals surface area contributed by atoms with Gasteiger partial charge in [-0.2, -0.15) is 0 Å². The largest absolute Gasteiger partial charge is 0.444 e. The Balaban J connectivity index is 1.77. The van der Waals surface area contributed by atoms with Crippen molar-refractivity contribution in [1.29, 1.82) is 0 Å². The van der Waals surface area contributed by atoms with Gasteiger partial charge in [0.05, 0.1) is 0 Å². The zero-order valence-electron chi connectivity index (χ0n) is 18.9. The van der Waals surface area contributed by atoms with Crippen LogP contribution >= 0.6 is 0 Å². The predicted octanol–water partition coefficient (Wildman–Crippen LogP) is 3.94. The molecular weight excluding hydrogens is 366 g/mol. The minimum absolute atomic E-state index is 0.0880. The van der Waals surface area contributed by atoms with Crippen molar-refractivity contribution in [3.63, 3.8) is 0 Å². The fourth-order valence-electron chi connectivity index (χ4n) is 3.48. The molecule has 6 heteroatoms. The van der Waals surface area contributed by atoms with Crippen molar-refractivity contribution in [3.8, 4) is 0 Å². The lowest BCUT2D eigenvalue weighted by Gasteiger charge is -2.38. The van der Waals surface area contributed by atoms with E-state index in [-0.39, 0.29) is 11.3 Å². The molecule has 1 saturated heterocycles. The maximum Gasteiger partial charge on any atom is 0.407 e. The van der Waals surface area contributed by atoms with Crippen LogP contribution in [-0.2, 0) is 14.9 Å². The van der Waals surface area contributed by atoms with Gasteiger partial charge in [-0.1, -0.05) is 39.0 Å². The molecule has 1 aromatic rings. The average molecular weight is 404 g/mol. The summed E-state index contributed by atoms with van der Waals surface area (Å²) in [6.45, 7) is 15.8. The molecule has 0 radical (unpaired) electrons. The Bertz CT molecular complexity index is 696. The molecule has 1 heterocycles. The number of nitrogens with zero attached hydrogens (tertiary/aromatic N) is 2. The van der Waals surface area contributed by atoms with E-state index < -0.39 is 11.7 Å². The van der Waals surface area contributed by atoms with E-state index in [0.29, 0.717) is 19.4 Å². The van der Waals surface area contributed by atoms with Crippen LogP contribution in [0.2, 0.25) is 0 Å². The molecule has 29 heavy (non-hydrogen) atoms.